The molecule has 0 saturated carbocycles. The van der Waals surface area contributed by atoms with Crippen LogP contribution >= 0.6 is 11.3 Å². The van der Waals surface area contributed by atoms with Crippen molar-refractivity contribution >= 4 is 17.2 Å². The molecule has 0 aromatic carbocycles. The third-order valence-corrected chi connectivity index (χ3v) is 3.68. The van der Waals surface area contributed by atoms with Gasteiger partial charge in [0.15, 0.2) is 0 Å². The molecule has 1 aromatic rings. The smallest absolute Gasteiger partial charge is 0.263 e. The fraction of sp³-hybridized carbons (Fsp3) is 0.545. The average molecular weight is 224 g/mol. The van der Waals surface area contributed by atoms with E-state index in [0.717, 1.165) is 24.3 Å². The van der Waals surface area contributed by atoms with Crippen LogP contribution in [0.1, 0.15) is 27.4 Å². The maximum atomic E-state index is 12.0. The van der Waals surface area contributed by atoms with Gasteiger partial charge in [-0.15, -0.1) is 11.3 Å². The van der Waals surface area contributed by atoms with E-state index in [2.05, 4.69) is 0 Å². The van der Waals surface area contributed by atoms with E-state index in [1.165, 1.54) is 4.88 Å². The number of hydrogen-bond acceptors (Lipinski definition) is 3. The molecule has 1 fully saturated rings. The minimum Gasteiger partial charge on any atom is -0.336 e. The standard InChI is InChI=1S/C11H16N2OS/c1-8-4-5-10(15-8)11(14)13-6-2-3-9(12)7-13/h4-5,9H,2-3,6-7,12H2,1H3/t9-/m1/s1. The topological polar surface area (TPSA) is 46.3 Å². The van der Waals surface area contributed by atoms with Gasteiger partial charge in [-0.3, -0.25) is 4.79 Å². The van der Waals surface area contributed by atoms with Crippen LogP contribution in [0.3, 0.4) is 0 Å². The lowest BCUT2D eigenvalue weighted by Gasteiger charge is -2.30. The highest BCUT2D eigenvalue weighted by Gasteiger charge is 2.22. The van der Waals surface area contributed by atoms with Crippen LogP contribution in [-0.2, 0) is 0 Å². The Labute approximate surface area is 93.9 Å². The van der Waals surface area contributed by atoms with E-state index < -0.39 is 0 Å². The summed E-state index contributed by atoms with van der Waals surface area (Å²) in [7, 11) is 0. The Morgan fingerprint density at radius 3 is 3.00 bits per heavy atom. The number of carbonyl (C=O) groups is 1. The lowest BCUT2D eigenvalue weighted by molar-refractivity contribution is 0.0714. The van der Waals surface area contributed by atoms with Gasteiger partial charge in [-0.2, -0.15) is 0 Å². The van der Waals surface area contributed by atoms with Crippen LogP contribution in [0.4, 0.5) is 0 Å². The van der Waals surface area contributed by atoms with Gasteiger partial charge >= 0.3 is 0 Å². The monoisotopic (exact) mass is 224 g/mol. The largest absolute Gasteiger partial charge is 0.336 e. The van der Waals surface area contributed by atoms with Crippen LogP contribution in [-0.4, -0.2) is 29.9 Å². The molecule has 0 spiro atoms. The summed E-state index contributed by atoms with van der Waals surface area (Å²) in [4.78, 5) is 15.9. The normalized spacial score (nSPS) is 21.7. The molecule has 3 nitrogen and oxygen atoms in total. The van der Waals surface area contributed by atoms with E-state index in [0.29, 0.717) is 6.54 Å². The lowest BCUT2D eigenvalue weighted by Crippen LogP contribution is -2.45. The maximum Gasteiger partial charge on any atom is 0.263 e. The number of carbonyl (C=O) groups excluding carboxylic acids is 1. The molecule has 0 aliphatic carbocycles. The summed E-state index contributed by atoms with van der Waals surface area (Å²) in [5.41, 5.74) is 5.86. The van der Waals surface area contributed by atoms with Crippen LogP contribution in [0.15, 0.2) is 12.1 Å². The van der Waals surface area contributed by atoms with Crippen molar-refractivity contribution in [3.63, 3.8) is 0 Å². The highest BCUT2D eigenvalue weighted by atomic mass is 32.1. The van der Waals surface area contributed by atoms with Crippen LogP contribution in [0.2, 0.25) is 0 Å². The number of nitrogens with two attached hydrogens (primary N) is 1. The molecule has 0 bridgehead atoms. The molecule has 2 heterocycles. The molecule has 2 rings (SSSR count). The van der Waals surface area contributed by atoms with Crippen molar-refractivity contribution in [3.8, 4) is 0 Å². The lowest BCUT2D eigenvalue weighted by atomic mass is 10.1. The number of hydrogen-bond donors (Lipinski definition) is 1. The third-order valence-electron chi connectivity index (χ3n) is 2.70. The molecule has 1 aliphatic heterocycles. The Bertz CT molecular complexity index is 361. The molecule has 0 radical (unpaired) electrons. The predicted molar refractivity (Wildman–Crippen MR) is 62.2 cm³/mol. The highest BCUT2D eigenvalue weighted by molar-refractivity contribution is 7.13. The number of thiophene rings is 1. The van der Waals surface area contributed by atoms with E-state index in [1.54, 1.807) is 11.3 Å². The number of aryl methyl sites for hydroxylation is 1. The van der Waals surface area contributed by atoms with Gasteiger partial charge in [0.2, 0.25) is 0 Å². The first-order valence-electron chi connectivity index (χ1n) is 5.28. The second-order valence-electron chi connectivity index (χ2n) is 4.06. The first kappa shape index (κ1) is 10.6. The molecule has 15 heavy (non-hydrogen) atoms. The molecular weight excluding hydrogens is 208 g/mol. The molecule has 1 saturated heterocycles. The second kappa shape index (κ2) is 4.33. The van der Waals surface area contributed by atoms with E-state index in [4.69, 9.17) is 5.73 Å². The molecule has 1 amide bonds. The highest BCUT2D eigenvalue weighted by Crippen LogP contribution is 2.19. The Kier molecular flexibility index (Phi) is 3.07. The van der Waals surface area contributed by atoms with Gasteiger partial charge in [0.1, 0.15) is 0 Å². The zero-order valence-corrected chi connectivity index (χ0v) is 9.72. The van der Waals surface area contributed by atoms with Crippen molar-refractivity contribution in [2.45, 2.75) is 25.8 Å². The van der Waals surface area contributed by atoms with Crippen molar-refractivity contribution in [2.75, 3.05) is 13.1 Å². The summed E-state index contributed by atoms with van der Waals surface area (Å²) in [6, 6.07) is 4.05. The third kappa shape index (κ3) is 2.38. The van der Waals surface area contributed by atoms with E-state index in [9.17, 15) is 4.79 Å². The fourth-order valence-electron chi connectivity index (χ4n) is 1.90. The van der Waals surface area contributed by atoms with E-state index >= 15 is 0 Å². The summed E-state index contributed by atoms with van der Waals surface area (Å²) in [5.74, 6) is 0.142. The minimum atomic E-state index is 0.142. The fourth-order valence-corrected chi connectivity index (χ4v) is 2.74. The van der Waals surface area contributed by atoms with Crippen molar-refractivity contribution in [1.82, 2.24) is 4.90 Å². The number of rotatable bonds is 1. The van der Waals surface area contributed by atoms with Crippen molar-refractivity contribution < 1.29 is 4.79 Å². The Morgan fingerprint density at radius 2 is 2.40 bits per heavy atom. The van der Waals surface area contributed by atoms with Gasteiger partial charge in [0.25, 0.3) is 5.91 Å². The van der Waals surface area contributed by atoms with Gasteiger partial charge in [-0.25, -0.2) is 0 Å². The van der Waals surface area contributed by atoms with Crippen molar-refractivity contribution in [1.29, 1.82) is 0 Å². The molecule has 82 valence electrons. The summed E-state index contributed by atoms with van der Waals surface area (Å²) in [5, 5.41) is 0. The van der Waals surface area contributed by atoms with Crippen LogP contribution in [0.5, 0.6) is 0 Å². The summed E-state index contributed by atoms with van der Waals surface area (Å²) >= 11 is 1.56. The van der Waals surface area contributed by atoms with Crippen LogP contribution < -0.4 is 5.73 Å². The predicted octanol–water partition coefficient (Wildman–Crippen LogP) is 1.62. The number of nitrogens with zero attached hydrogens (tertiary/aromatic N) is 1. The summed E-state index contributed by atoms with van der Waals surface area (Å²) in [6.45, 7) is 3.57. The van der Waals surface area contributed by atoms with E-state index in [-0.39, 0.29) is 11.9 Å². The van der Waals surface area contributed by atoms with Crippen molar-refractivity contribution in [2.24, 2.45) is 5.73 Å². The minimum absolute atomic E-state index is 0.142. The molecule has 2 N–H and O–H groups in total. The van der Waals surface area contributed by atoms with E-state index in [1.807, 2.05) is 24.0 Å². The summed E-state index contributed by atoms with van der Waals surface area (Å²) < 4.78 is 0. The molecule has 1 aromatic heterocycles. The number of piperidine rings is 1. The Hall–Kier alpha value is -0.870. The van der Waals surface area contributed by atoms with Crippen LogP contribution in [0.25, 0.3) is 0 Å². The SMILES string of the molecule is Cc1ccc(C(=O)N2CCC[C@@H](N)C2)s1. The molecule has 0 unspecified atom stereocenters. The number of amides is 1. The first-order valence-corrected chi connectivity index (χ1v) is 6.10. The second-order valence-corrected chi connectivity index (χ2v) is 5.35. The van der Waals surface area contributed by atoms with Crippen LogP contribution in [0, 0.1) is 6.92 Å². The quantitative estimate of drug-likeness (QED) is 0.788. The molecular formula is C11H16N2OS. The van der Waals surface area contributed by atoms with Gasteiger partial charge in [-0.1, -0.05) is 0 Å². The van der Waals surface area contributed by atoms with Gasteiger partial charge < -0.3 is 10.6 Å². The summed E-state index contributed by atoms with van der Waals surface area (Å²) in [6.07, 6.45) is 2.06. The van der Waals surface area contributed by atoms with Gasteiger partial charge in [-0.05, 0) is 31.9 Å². The molecule has 1 aliphatic rings. The Morgan fingerprint density at radius 1 is 1.60 bits per heavy atom. The maximum absolute atomic E-state index is 12.0. The number of likely N-dealkylation sites (tertiary alicyclic amines) is 1. The Balaban J connectivity index is 2.07. The zero-order chi connectivity index (χ0) is 10.8. The zero-order valence-electron chi connectivity index (χ0n) is 8.90. The van der Waals surface area contributed by atoms with Gasteiger partial charge in [0, 0.05) is 24.0 Å². The average Bonchev–Trinajstić information content (AvgIpc) is 2.64. The first-order chi connectivity index (χ1) is 7.16. The van der Waals surface area contributed by atoms with Crippen molar-refractivity contribution in [3.05, 3.63) is 21.9 Å². The van der Waals surface area contributed by atoms with Gasteiger partial charge in [0.05, 0.1) is 4.88 Å². The molecule has 1 atom stereocenters. The molecule has 4 heteroatoms.